The lowest BCUT2D eigenvalue weighted by molar-refractivity contribution is -0.142. The summed E-state index contributed by atoms with van der Waals surface area (Å²) in [6.45, 7) is 3.86. The number of amides is 4. The van der Waals surface area contributed by atoms with E-state index in [1.807, 2.05) is 24.3 Å². The number of fused-ring (bicyclic) bond motifs is 5. The molecule has 0 radical (unpaired) electrons. The van der Waals surface area contributed by atoms with Crippen LogP contribution in [0.2, 0.25) is 0 Å². The number of benzene rings is 1. The van der Waals surface area contributed by atoms with Crippen LogP contribution in [0.25, 0.3) is 10.9 Å². The van der Waals surface area contributed by atoms with Gasteiger partial charge in [0.2, 0.25) is 21.8 Å². The lowest BCUT2D eigenvalue weighted by Gasteiger charge is -2.32. The number of hydrogen-bond acceptors (Lipinski definition) is 10. The fourth-order valence-corrected chi connectivity index (χ4v) is 11.0. The predicted octanol–water partition coefficient (Wildman–Crippen LogP) is 4.83. The first-order valence-electron chi connectivity index (χ1n) is 20.9. The Hall–Kier alpha value is -4.40. The van der Waals surface area contributed by atoms with Crippen LogP contribution >= 0.6 is 0 Å². The van der Waals surface area contributed by atoms with Gasteiger partial charge in [0.05, 0.1) is 30.1 Å². The Morgan fingerprint density at radius 1 is 0.982 bits per heavy atom. The Balaban J connectivity index is 1.13. The van der Waals surface area contributed by atoms with Crippen LogP contribution in [0.3, 0.4) is 0 Å². The molecule has 4 amide bonds. The van der Waals surface area contributed by atoms with E-state index >= 15 is 0 Å². The molecule has 1 aromatic heterocycles. The summed E-state index contributed by atoms with van der Waals surface area (Å²) < 4.78 is 46.1. The molecule has 7 atom stereocenters. The molecule has 1 aromatic carbocycles. The molecule has 2 aromatic rings. The standard InChI is InChI=1S/C42H55N5O9S/c1-3-28-23-42(28,40(50)46-57(52,53)31-17-18-31)45-38(48)34-22-30-24-47(34)39(49)37(26-11-7-8-12-26)44-41(51)56-35-15-9-13-25(35)10-5-4-6-14-33-36(55-30)21-27-20-29(54-2)16-19-32(27)43-33/h3,16,19-21,25-26,28,30-31,34-35,37H,1,4-15,17-18,22-24H2,2H3,(H,44,51)(H,45,48)(H,46,50)/t25-,28+,30-,34+,35-,37+,42-/m1/s1. The van der Waals surface area contributed by atoms with Crippen molar-refractivity contribution >= 4 is 44.7 Å². The molecule has 57 heavy (non-hydrogen) atoms. The molecule has 8 rings (SSSR count). The predicted molar refractivity (Wildman–Crippen MR) is 211 cm³/mol. The molecule has 308 valence electrons. The quantitative estimate of drug-likeness (QED) is 0.313. The van der Waals surface area contributed by atoms with Gasteiger partial charge in [-0.2, -0.15) is 0 Å². The Morgan fingerprint density at radius 2 is 1.74 bits per heavy atom. The molecule has 2 bridgehead atoms. The van der Waals surface area contributed by atoms with Crippen molar-refractivity contribution in [2.24, 2.45) is 17.8 Å². The Bertz CT molecular complexity index is 2020. The zero-order valence-electron chi connectivity index (χ0n) is 32.7. The third-order valence-electron chi connectivity index (χ3n) is 13.2. The van der Waals surface area contributed by atoms with Crippen molar-refractivity contribution in [1.82, 2.24) is 25.2 Å². The first kappa shape index (κ1) is 39.4. The number of ether oxygens (including phenoxy) is 3. The van der Waals surface area contributed by atoms with Gasteiger partial charge in [0.25, 0.3) is 5.91 Å². The van der Waals surface area contributed by atoms with Crippen LogP contribution in [0.5, 0.6) is 11.5 Å². The number of alkyl carbamates (subject to hydrolysis) is 1. The summed E-state index contributed by atoms with van der Waals surface area (Å²) in [5.41, 5.74) is 0.0623. The van der Waals surface area contributed by atoms with Crippen LogP contribution in [0.1, 0.15) is 102 Å². The number of nitrogens with one attached hydrogen (secondary N) is 3. The average Bonchev–Trinajstić information content (AvgIpc) is 3.98. The van der Waals surface area contributed by atoms with E-state index in [4.69, 9.17) is 19.2 Å². The van der Waals surface area contributed by atoms with E-state index in [1.54, 1.807) is 7.11 Å². The van der Waals surface area contributed by atoms with Crippen molar-refractivity contribution < 1.29 is 41.8 Å². The summed E-state index contributed by atoms with van der Waals surface area (Å²) in [6, 6.07) is 5.62. The maximum absolute atomic E-state index is 14.9. The highest BCUT2D eigenvalue weighted by Gasteiger charge is 2.62. The van der Waals surface area contributed by atoms with E-state index in [9.17, 15) is 27.6 Å². The topological polar surface area (TPSA) is 182 Å². The highest BCUT2D eigenvalue weighted by atomic mass is 32.2. The number of sulfonamides is 1. The SMILES string of the molecule is C=C[C@H]1C[C@]1(NC(=O)[C@@H]1C[C@@H]2CN1C(=O)[C@H](C1CCCC1)NC(=O)O[C@@H]1CCC[C@H]1CCCCCc1nc3ccc(OC)cc3cc1O2)C(=O)NS(=O)(=O)C1CC1. The highest BCUT2D eigenvalue weighted by molar-refractivity contribution is 7.91. The van der Waals surface area contributed by atoms with E-state index in [-0.39, 0.29) is 37.3 Å². The number of rotatable bonds is 8. The molecule has 3 N–H and O–H groups in total. The van der Waals surface area contributed by atoms with Crippen LogP contribution < -0.4 is 24.8 Å². The van der Waals surface area contributed by atoms with Crippen molar-refractivity contribution in [3.8, 4) is 11.5 Å². The molecule has 4 aliphatic carbocycles. The molecular formula is C42H55N5O9S. The van der Waals surface area contributed by atoms with Crippen LogP contribution in [0.4, 0.5) is 4.79 Å². The van der Waals surface area contributed by atoms with Gasteiger partial charge in [-0.1, -0.05) is 31.8 Å². The Labute approximate surface area is 334 Å². The molecular weight excluding hydrogens is 751 g/mol. The molecule has 5 fully saturated rings. The minimum Gasteiger partial charge on any atom is -0.497 e. The molecule has 3 heterocycles. The highest BCUT2D eigenvalue weighted by Crippen LogP contribution is 2.46. The third-order valence-corrected chi connectivity index (χ3v) is 15.0. The Kier molecular flexibility index (Phi) is 11.1. The number of aromatic nitrogens is 1. The van der Waals surface area contributed by atoms with E-state index < -0.39 is 68.7 Å². The molecule has 4 saturated carbocycles. The van der Waals surface area contributed by atoms with E-state index in [2.05, 4.69) is 21.9 Å². The summed E-state index contributed by atoms with van der Waals surface area (Å²) in [6.07, 6.45) is 11.8. The maximum Gasteiger partial charge on any atom is 0.408 e. The van der Waals surface area contributed by atoms with Crippen molar-refractivity contribution in [3.63, 3.8) is 0 Å². The Morgan fingerprint density at radius 3 is 2.47 bits per heavy atom. The fraction of sp³-hybridized carbons (Fsp3) is 0.643. The summed E-state index contributed by atoms with van der Waals surface area (Å²) in [4.78, 5) is 63.2. The number of hydrogen-bond donors (Lipinski definition) is 3. The van der Waals surface area contributed by atoms with Crippen LogP contribution in [0, 0.1) is 17.8 Å². The first-order chi connectivity index (χ1) is 27.5. The van der Waals surface area contributed by atoms with E-state index in [0.717, 1.165) is 87.2 Å². The lowest BCUT2D eigenvalue weighted by Crippen LogP contribution is -2.59. The van der Waals surface area contributed by atoms with Crippen LogP contribution in [-0.2, 0) is 35.6 Å². The van der Waals surface area contributed by atoms with Gasteiger partial charge in [-0.3, -0.25) is 19.1 Å². The van der Waals surface area contributed by atoms with Gasteiger partial charge < -0.3 is 29.7 Å². The van der Waals surface area contributed by atoms with Crippen molar-refractivity contribution in [3.05, 3.63) is 42.6 Å². The van der Waals surface area contributed by atoms with Gasteiger partial charge in [0.1, 0.15) is 41.3 Å². The molecule has 1 saturated heterocycles. The monoisotopic (exact) mass is 805 g/mol. The second-order valence-corrected chi connectivity index (χ2v) is 19.0. The van der Waals surface area contributed by atoms with Crippen LogP contribution in [0.15, 0.2) is 36.9 Å². The first-order valence-corrected chi connectivity index (χ1v) is 22.4. The number of carbonyl (C=O) groups is 4. The number of nitrogens with zero attached hydrogens (tertiary/aromatic N) is 2. The smallest absolute Gasteiger partial charge is 0.408 e. The minimum absolute atomic E-state index is 0.0390. The summed E-state index contributed by atoms with van der Waals surface area (Å²) in [5, 5.41) is 6.03. The summed E-state index contributed by atoms with van der Waals surface area (Å²) in [7, 11) is -2.29. The third kappa shape index (κ3) is 8.31. The molecule has 2 aliphatic heterocycles. The molecule has 6 aliphatic rings. The normalized spacial score (nSPS) is 31.1. The van der Waals surface area contributed by atoms with Crippen molar-refractivity contribution in [2.75, 3.05) is 13.7 Å². The maximum atomic E-state index is 14.9. The van der Waals surface area contributed by atoms with Gasteiger partial charge >= 0.3 is 6.09 Å². The number of aryl methyl sites for hydroxylation is 1. The summed E-state index contributed by atoms with van der Waals surface area (Å²) >= 11 is 0. The second-order valence-electron chi connectivity index (χ2n) is 17.1. The number of pyridine rings is 1. The summed E-state index contributed by atoms with van der Waals surface area (Å²) in [5.74, 6) is -0.988. The zero-order valence-corrected chi connectivity index (χ0v) is 33.5. The van der Waals surface area contributed by atoms with Gasteiger partial charge in [0.15, 0.2) is 0 Å². The zero-order chi connectivity index (χ0) is 39.9. The lowest BCUT2D eigenvalue weighted by atomic mass is 9.96. The second kappa shape index (κ2) is 16.1. The van der Waals surface area contributed by atoms with E-state index in [0.29, 0.717) is 30.8 Å². The van der Waals surface area contributed by atoms with Crippen molar-refractivity contribution in [2.45, 2.75) is 138 Å². The minimum atomic E-state index is -3.89. The van der Waals surface area contributed by atoms with Crippen LogP contribution in [-0.4, -0.2) is 90.9 Å². The average molecular weight is 806 g/mol. The molecule has 0 spiro atoms. The largest absolute Gasteiger partial charge is 0.497 e. The van der Waals surface area contributed by atoms with Gasteiger partial charge in [-0.25, -0.2) is 18.2 Å². The van der Waals surface area contributed by atoms with Gasteiger partial charge in [0, 0.05) is 17.7 Å². The number of carbonyl (C=O) groups excluding carboxylic acids is 4. The van der Waals surface area contributed by atoms with E-state index in [1.165, 1.54) is 11.0 Å². The molecule has 14 nitrogen and oxygen atoms in total. The fourth-order valence-electron chi connectivity index (χ4n) is 9.67. The van der Waals surface area contributed by atoms with Gasteiger partial charge in [-0.15, -0.1) is 6.58 Å². The molecule has 15 heteroatoms. The van der Waals surface area contributed by atoms with Crippen molar-refractivity contribution in [1.29, 1.82) is 0 Å². The van der Waals surface area contributed by atoms with Gasteiger partial charge in [-0.05, 0) is 107 Å². The number of methoxy groups -OCH3 is 1. The molecule has 0 unspecified atom stereocenters.